The first-order valence-corrected chi connectivity index (χ1v) is 7.43. The number of hydrogen-bond acceptors (Lipinski definition) is 5. The van der Waals surface area contributed by atoms with E-state index in [4.69, 9.17) is 14.2 Å². The molecule has 1 N–H and O–H groups in total. The van der Waals surface area contributed by atoms with E-state index >= 15 is 0 Å². The third kappa shape index (κ3) is 6.68. The zero-order chi connectivity index (χ0) is 15.2. The zero-order valence-electron chi connectivity index (χ0n) is 13.5. The van der Waals surface area contributed by atoms with Crippen LogP contribution < -0.4 is 5.32 Å². The van der Waals surface area contributed by atoms with E-state index in [0.717, 1.165) is 12.8 Å². The second-order valence-electron chi connectivity index (χ2n) is 6.48. The smallest absolute Gasteiger partial charge is 0.328 e. The number of nitrogens with one attached hydrogen (secondary N) is 1. The normalized spacial score (nSPS) is 18.6. The van der Waals surface area contributed by atoms with Gasteiger partial charge in [-0.25, -0.2) is 4.79 Å². The van der Waals surface area contributed by atoms with E-state index in [-0.39, 0.29) is 11.6 Å². The van der Waals surface area contributed by atoms with Crippen molar-refractivity contribution in [3.63, 3.8) is 0 Å². The summed E-state index contributed by atoms with van der Waals surface area (Å²) in [5.74, 6) is -0.247. The lowest BCUT2D eigenvalue weighted by molar-refractivity contribution is -0.154. The molecule has 20 heavy (non-hydrogen) atoms. The second kappa shape index (κ2) is 7.38. The van der Waals surface area contributed by atoms with E-state index in [9.17, 15) is 4.79 Å². The van der Waals surface area contributed by atoms with Gasteiger partial charge in [-0.2, -0.15) is 0 Å². The van der Waals surface area contributed by atoms with Crippen LogP contribution in [-0.2, 0) is 19.0 Å². The fourth-order valence-electron chi connectivity index (χ4n) is 1.81. The molecule has 1 atom stereocenters. The van der Waals surface area contributed by atoms with E-state index in [0.29, 0.717) is 32.5 Å². The van der Waals surface area contributed by atoms with E-state index in [1.807, 2.05) is 34.6 Å². The average Bonchev–Trinajstić information content (AvgIpc) is 3.11. The fraction of sp³-hybridized carbons (Fsp3) is 0.933. The summed E-state index contributed by atoms with van der Waals surface area (Å²) in [6.45, 7) is 11.3. The molecule has 118 valence electrons. The summed E-state index contributed by atoms with van der Waals surface area (Å²) in [5.41, 5.74) is -0.932. The highest BCUT2D eigenvalue weighted by Crippen LogP contribution is 2.23. The number of rotatable bonds is 9. The molecule has 1 rings (SSSR count). The Bertz CT molecular complexity index is 309. The second-order valence-corrected chi connectivity index (χ2v) is 6.48. The van der Waals surface area contributed by atoms with Gasteiger partial charge in [-0.1, -0.05) is 0 Å². The molecular weight excluding hydrogens is 258 g/mol. The number of hydrogen-bond donors (Lipinski definition) is 1. The Balaban J connectivity index is 2.34. The van der Waals surface area contributed by atoms with Gasteiger partial charge in [-0.05, 0) is 47.5 Å². The molecule has 0 amide bonds. The summed E-state index contributed by atoms with van der Waals surface area (Å²) in [6.07, 6.45) is 2.23. The van der Waals surface area contributed by atoms with E-state index in [1.54, 1.807) is 0 Å². The molecule has 5 heteroatoms. The molecule has 0 aromatic heterocycles. The van der Waals surface area contributed by atoms with Gasteiger partial charge in [0.05, 0.1) is 32.0 Å². The highest BCUT2D eigenvalue weighted by molar-refractivity contribution is 5.80. The van der Waals surface area contributed by atoms with Gasteiger partial charge in [0.1, 0.15) is 5.54 Å². The Morgan fingerprint density at radius 1 is 1.20 bits per heavy atom. The van der Waals surface area contributed by atoms with Crippen molar-refractivity contribution in [3.8, 4) is 0 Å². The Hall–Kier alpha value is -0.650. The molecular formula is C15H29NO4. The molecule has 0 aromatic rings. The van der Waals surface area contributed by atoms with Gasteiger partial charge in [0.15, 0.2) is 0 Å². The Kier molecular flexibility index (Phi) is 6.43. The monoisotopic (exact) mass is 287 g/mol. The molecule has 0 aliphatic heterocycles. The lowest BCUT2D eigenvalue weighted by Gasteiger charge is -2.28. The molecule has 0 saturated heterocycles. The zero-order valence-corrected chi connectivity index (χ0v) is 13.5. The molecule has 1 aliphatic carbocycles. The van der Waals surface area contributed by atoms with Crippen LogP contribution in [-0.4, -0.2) is 49.6 Å². The molecule has 1 unspecified atom stereocenters. The van der Waals surface area contributed by atoms with Crippen LogP contribution in [0.2, 0.25) is 0 Å². The van der Waals surface area contributed by atoms with Crippen molar-refractivity contribution in [1.29, 1.82) is 0 Å². The molecule has 1 fully saturated rings. The number of carbonyl (C=O) groups is 1. The van der Waals surface area contributed by atoms with Crippen LogP contribution in [0.1, 0.15) is 47.5 Å². The summed E-state index contributed by atoms with van der Waals surface area (Å²) in [4.78, 5) is 12.1. The maximum Gasteiger partial charge on any atom is 0.328 e. The third-order valence-corrected chi connectivity index (χ3v) is 2.98. The van der Waals surface area contributed by atoms with Crippen molar-refractivity contribution in [2.75, 3.05) is 26.4 Å². The van der Waals surface area contributed by atoms with Gasteiger partial charge < -0.3 is 14.2 Å². The van der Waals surface area contributed by atoms with E-state index in [1.165, 1.54) is 0 Å². The summed E-state index contributed by atoms with van der Waals surface area (Å²) >= 11 is 0. The van der Waals surface area contributed by atoms with Crippen LogP contribution in [0.4, 0.5) is 0 Å². The SMILES string of the molecule is CCOC(=O)C(C)(COCCOC(C)(C)C)NC1CC1. The molecule has 5 nitrogen and oxygen atoms in total. The highest BCUT2D eigenvalue weighted by Gasteiger charge is 2.40. The first kappa shape index (κ1) is 17.4. The van der Waals surface area contributed by atoms with Gasteiger partial charge in [0.2, 0.25) is 0 Å². The fourth-order valence-corrected chi connectivity index (χ4v) is 1.81. The van der Waals surface area contributed by atoms with Crippen molar-refractivity contribution in [2.24, 2.45) is 0 Å². The molecule has 0 heterocycles. The summed E-state index contributed by atoms with van der Waals surface area (Å²) in [7, 11) is 0. The molecule has 0 spiro atoms. The predicted molar refractivity (Wildman–Crippen MR) is 77.7 cm³/mol. The molecule has 0 bridgehead atoms. The van der Waals surface area contributed by atoms with Crippen molar-refractivity contribution < 1.29 is 19.0 Å². The van der Waals surface area contributed by atoms with Crippen molar-refractivity contribution in [1.82, 2.24) is 5.32 Å². The number of ether oxygens (including phenoxy) is 3. The van der Waals surface area contributed by atoms with Crippen LogP contribution in [0.25, 0.3) is 0 Å². The first-order chi connectivity index (χ1) is 9.27. The number of esters is 1. The molecule has 1 aliphatic rings. The van der Waals surface area contributed by atoms with Gasteiger partial charge in [0.25, 0.3) is 0 Å². The summed E-state index contributed by atoms with van der Waals surface area (Å²) < 4.78 is 16.3. The Morgan fingerprint density at radius 2 is 1.85 bits per heavy atom. The van der Waals surface area contributed by atoms with Crippen LogP contribution in [0, 0.1) is 0 Å². The van der Waals surface area contributed by atoms with Crippen LogP contribution in [0.15, 0.2) is 0 Å². The minimum atomic E-state index is -0.765. The van der Waals surface area contributed by atoms with Gasteiger partial charge in [-0.3, -0.25) is 5.32 Å². The minimum absolute atomic E-state index is 0.167. The third-order valence-electron chi connectivity index (χ3n) is 2.98. The average molecular weight is 287 g/mol. The van der Waals surface area contributed by atoms with Gasteiger partial charge in [0, 0.05) is 6.04 Å². The van der Waals surface area contributed by atoms with Crippen molar-refractivity contribution in [2.45, 2.75) is 64.6 Å². The summed E-state index contributed by atoms with van der Waals surface area (Å²) in [5, 5.41) is 3.32. The Morgan fingerprint density at radius 3 is 2.35 bits per heavy atom. The maximum absolute atomic E-state index is 12.1. The standard InChI is InChI=1S/C15H29NO4/c1-6-19-13(17)15(5,16-12-7-8-12)11-18-9-10-20-14(2,3)4/h12,16H,6-11H2,1-5H3. The van der Waals surface area contributed by atoms with Crippen LogP contribution in [0.5, 0.6) is 0 Å². The lowest BCUT2D eigenvalue weighted by atomic mass is 10.0. The summed E-state index contributed by atoms with van der Waals surface area (Å²) in [6, 6.07) is 0.416. The number of carbonyl (C=O) groups excluding carboxylic acids is 1. The van der Waals surface area contributed by atoms with Crippen LogP contribution >= 0.6 is 0 Å². The molecule has 0 aromatic carbocycles. The quantitative estimate of drug-likeness (QED) is 0.518. The molecule has 0 radical (unpaired) electrons. The van der Waals surface area contributed by atoms with E-state index < -0.39 is 5.54 Å². The van der Waals surface area contributed by atoms with Gasteiger partial charge >= 0.3 is 5.97 Å². The van der Waals surface area contributed by atoms with Crippen LogP contribution in [0.3, 0.4) is 0 Å². The first-order valence-electron chi connectivity index (χ1n) is 7.43. The maximum atomic E-state index is 12.1. The molecule has 1 saturated carbocycles. The van der Waals surface area contributed by atoms with Crippen molar-refractivity contribution in [3.05, 3.63) is 0 Å². The largest absolute Gasteiger partial charge is 0.465 e. The van der Waals surface area contributed by atoms with Crippen molar-refractivity contribution >= 4 is 5.97 Å². The predicted octanol–water partition coefficient (Wildman–Crippen LogP) is 1.89. The van der Waals surface area contributed by atoms with Gasteiger partial charge in [-0.15, -0.1) is 0 Å². The Labute approximate surface area is 122 Å². The lowest BCUT2D eigenvalue weighted by Crippen LogP contribution is -2.55. The topological polar surface area (TPSA) is 56.8 Å². The highest BCUT2D eigenvalue weighted by atomic mass is 16.5. The minimum Gasteiger partial charge on any atom is -0.465 e. The van der Waals surface area contributed by atoms with E-state index in [2.05, 4.69) is 5.32 Å².